The second-order valence-corrected chi connectivity index (χ2v) is 8.12. The second-order valence-electron chi connectivity index (χ2n) is 8.12. The molecule has 9 heteroatoms. The predicted octanol–water partition coefficient (Wildman–Crippen LogP) is -0.108. The largest absolute Gasteiger partial charge is 0.395 e. The van der Waals surface area contributed by atoms with Crippen LogP contribution in [-0.2, 0) is 4.79 Å². The van der Waals surface area contributed by atoms with E-state index in [2.05, 4.69) is 21.3 Å². The van der Waals surface area contributed by atoms with Crippen molar-refractivity contribution in [3.05, 3.63) is 0 Å². The maximum absolute atomic E-state index is 12.9. The zero-order valence-electron chi connectivity index (χ0n) is 18.0. The molecule has 3 amide bonds. The average molecular weight is 408 g/mol. The minimum absolute atomic E-state index is 0.189. The number of hydrogen-bond acceptors (Lipinski definition) is 6. The van der Waals surface area contributed by atoms with Gasteiger partial charge in [-0.25, -0.2) is 9.37 Å². The van der Waals surface area contributed by atoms with Gasteiger partial charge < -0.3 is 5.11 Å². The van der Waals surface area contributed by atoms with Gasteiger partial charge in [0.25, 0.3) is 17.8 Å². The lowest BCUT2D eigenvalue weighted by Crippen LogP contribution is -2.61. The summed E-state index contributed by atoms with van der Waals surface area (Å²) >= 11 is 0. The Bertz CT molecular complexity index is 684. The van der Waals surface area contributed by atoms with Crippen molar-refractivity contribution < 1.29 is 19.3 Å². The number of fused-ring (bicyclic) bond motifs is 1. The topological polar surface area (TPSA) is 82.7 Å². The summed E-state index contributed by atoms with van der Waals surface area (Å²) in [4.78, 5) is 37.4. The number of nitrogens with zero attached hydrogens (tertiary/aromatic N) is 6. The van der Waals surface area contributed by atoms with Gasteiger partial charge >= 0.3 is 11.9 Å². The molecule has 3 rings (SSSR count). The molecule has 0 bridgehead atoms. The monoisotopic (exact) mass is 407 g/mol. The highest BCUT2D eigenvalue weighted by Crippen LogP contribution is 2.20. The molecule has 1 atom stereocenters. The highest BCUT2D eigenvalue weighted by Gasteiger charge is 2.52. The smallest absolute Gasteiger partial charge is 0.333 e. The van der Waals surface area contributed by atoms with E-state index in [1.165, 1.54) is 22.6 Å². The summed E-state index contributed by atoms with van der Waals surface area (Å²) < 4.78 is 2.12. The van der Waals surface area contributed by atoms with Gasteiger partial charge in [0.2, 0.25) is 0 Å². The van der Waals surface area contributed by atoms with E-state index in [-0.39, 0.29) is 18.5 Å². The number of aliphatic hydroxyl groups is 1. The third-order valence-corrected chi connectivity index (χ3v) is 6.11. The first-order chi connectivity index (χ1) is 14.0. The summed E-state index contributed by atoms with van der Waals surface area (Å²) in [7, 11) is 3.24. The molecule has 1 unspecified atom stereocenters. The fourth-order valence-electron chi connectivity index (χ4n) is 4.25. The summed E-state index contributed by atoms with van der Waals surface area (Å²) in [6.07, 6.45) is 4.48. The van der Waals surface area contributed by atoms with E-state index in [4.69, 9.17) is 10.1 Å². The van der Waals surface area contributed by atoms with Gasteiger partial charge in [0.15, 0.2) is 0 Å². The minimum Gasteiger partial charge on any atom is -0.395 e. The molecule has 3 aliphatic rings. The Hall–Kier alpha value is -1.84. The van der Waals surface area contributed by atoms with Gasteiger partial charge in [0, 0.05) is 46.8 Å². The third-order valence-electron chi connectivity index (χ3n) is 6.11. The van der Waals surface area contributed by atoms with Crippen molar-refractivity contribution in [3.63, 3.8) is 0 Å². The SMILES string of the molecule is CCCCCC[N+]1=C(CN2CCN(CCO)CC2)N=C2C1C(=O)N(C)C(=O)N2C. The fraction of sp³-hybridized carbons (Fsp3) is 0.800. The van der Waals surface area contributed by atoms with Gasteiger partial charge in [-0.3, -0.25) is 24.4 Å². The number of urea groups is 1. The normalized spacial score (nSPS) is 23.9. The Morgan fingerprint density at radius 1 is 1.03 bits per heavy atom. The van der Waals surface area contributed by atoms with Crippen molar-refractivity contribution in [2.75, 3.05) is 66.5 Å². The van der Waals surface area contributed by atoms with Crippen molar-refractivity contribution in [2.24, 2.45) is 4.99 Å². The number of likely N-dealkylation sites (N-methyl/N-ethyl adjacent to an activating group) is 2. The molecule has 0 aromatic carbocycles. The van der Waals surface area contributed by atoms with Crippen LogP contribution < -0.4 is 0 Å². The van der Waals surface area contributed by atoms with Gasteiger partial charge in [-0.1, -0.05) is 19.8 Å². The fourth-order valence-corrected chi connectivity index (χ4v) is 4.25. The molecule has 0 aromatic heterocycles. The van der Waals surface area contributed by atoms with Crippen LogP contribution in [0.5, 0.6) is 0 Å². The number of aliphatic hydroxyl groups excluding tert-OH is 1. The molecular weight excluding hydrogens is 372 g/mol. The van der Waals surface area contributed by atoms with E-state index >= 15 is 0 Å². The van der Waals surface area contributed by atoms with Crippen LogP contribution in [0.2, 0.25) is 0 Å². The quantitative estimate of drug-likeness (QED) is 0.426. The van der Waals surface area contributed by atoms with Crippen LogP contribution >= 0.6 is 0 Å². The highest BCUT2D eigenvalue weighted by molar-refractivity contribution is 6.23. The molecule has 3 heterocycles. The molecular formula is C20H35N6O3+. The summed E-state index contributed by atoms with van der Waals surface area (Å²) in [6.45, 7) is 8.20. The Morgan fingerprint density at radius 2 is 1.72 bits per heavy atom. The second kappa shape index (κ2) is 9.77. The zero-order valence-corrected chi connectivity index (χ0v) is 18.0. The van der Waals surface area contributed by atoms with Gasteiger partial charge in [-0.2, -0.15) is 0 Å². The molecule has 0 saturated carbocycles. The van der Waals surface area contributed by atoms with Crippen molar-refractivity contribution in [1.29, 1.82) is 0 Å². The van der Waals surface area contributed by atoms with Crippen LogP contribution in [0, 0.1) is 0 Å². The number of carbonyl (C=O) groups is 2. The lowest BCUT2D eigenvalue weighted by atomic mass is 10.1. The van der Waals surface area contributed by atoms with Gasteiger partial charge in [0.05, 0.1) is 13.2 Å². The van der Waals surface area contributed by atoms with Crippen LogP contribution in [0.4, 0.5) is 4.79 Å². The summed E-state index contributed by atoms with van der Waals surface area (Å²) in [5, 5.41) is 9.13. The van der Waals surface area contributed by atoms with Crippen LogP contribution in [0.3, 0.4) is 0 Å². The van der Waals surface area contributed by atoms with Crippen molar-refractivity contribution in [2.45, 2.75) is 38.6 Å². The van der Waals surface area contributed by atoms with E-state index in [0.29, 0.717) is 18.9 Å². The van der Waals surface area contributed by atoms with Gasteiger partial charge in [-0.15, -0.1) is 0 Å². The summed E-state index contributed by atoms with van der Waals surface area (Å²) in [5.41, 5.74) is 0. The predicted molar refractivity (Wildman–Crippen MR) is 111 cm³/mol. The molecule has 9 nitrogen and oxygen atoms in total. The number of amides is 3. The first-order valence-corrected chi connectivity index (χ1v) is 10.8. The summed E-state index contributed by atoms with van der Waals surface area (Å²) in [5.74, 6) is 1.26. The number of β-amino-alcohol motifs (C(OH)–C–C–N with tert-alkyl or cyclic N) is 1. The number of unbranched alkanes of at least 4 members (excludes halogenated alkanes) is 3. The molecule has 1 N–H and O–H groups in total. The average Bonchev–Trinajstić information content (AvgIpc) is 3.08. The first kappa shape index (κ1) is 21.9. The molecule has 2 fully saturated rings. The Kier molecular flexibility index (Phi) is 7.37. The number of rotatable bonds is 9. The number of aliphatic imine (C=N–C) groups is 1. The number of imide groups is 1. The van der Waals surface area contributed by atoms with E-state index in [0.717, 1.165) is 51.4 Å². The Morgan fingerprint density at radius 3 is 2.38 bits per heavy atom. The molecule has 162 valence electrons. The zero-order chi connectivity index (χ0) is 21.0. The van der Waals surface area contributed by atoms with Crippen LogP contribution in [0.1, 0.15) is 32.6 Å². The summed E-state index contributed by atoms with van der Waals surface area (Å²) in [6, 6.07) is -0.815. The Labute approximate surface area is 173 Å². The lowest BCUT2D eigenvalue weighted by Gasteiger charge is -2.33. The van der Waals surface area contributed by atoms with Crippen molar-refractivity contribution >= 4 is 23.6 Å². The molecule has 0 aromatic rings. The maximum Gasteiger partial charge on any atom is 0.333 e. The van der Waals surface area contributed by atoms with Gasteiger partial charge in [0.1, 0.15) is 6.54 Å². The molecule has 0 aliphatic carbocycles. The third kappa shape index (κ3) is 4.67. The van der Waals surface area contributed by atoms with Crippen molar-refractivity contribution in [3.8, 4) is 0 Å². The Balaban J connectivity index is 1.76. The maximum atomic E-state index is 12.9. The van der Waals surface area contributed by atoms with E-state index in [9.17, 15) is 9.59 Å². The van der Waals surface area contributed by atoms with Gasteiger partial charge in [-0.05, 0) is 17.8 Å². The van der Waals surface area contributed by atoms with E-state index < -0.39 is 6.04 Å². The minimum atomic E-state index is -0.491. The lowest BCUT2D eigenvalue weighted by molar-refractivity contribution is -0.537. The molecule has 0 spiro atoms. The molecule has 2 saturated heterocycles. The van der Waals surface area contributed by atoms with Crippen LogP contribution in [-0.4, -0.2) is 125 Å². The molecule has 29 heavy (non-hydrogen) atoms. The first-order valence-electron chi connectivity index (χ1n) is 10.8. The van der Waals surface area contributed by atoms with Crippen LogP contribution in [0.25, 0.3) is 0 Å². The molecule has 3 aliphatic heterocycles. The highest BCUT2D eigenvalue weighted by atomic mass is 16.3. The van der Waals surface area contributed by atoms with Crippen LogP contribution in [0.15, 0.2) is 4.99 Å². The van der Waals surface area contributed by atoms with E-state index in [1.54, 1.807) is 14.1 Å². The number of piperazine rings is 1. The standard InChI is InChI=1S/C20H35N6O3/c1-4-5-6-7-8-26-16(15-25-11-9-24(10-12-25)13-14-27)21-18-17(26)19(28)23(3)20(29)22(18)2/h17,27H,4-15H2,1-3H3/q+1. The number of amidine groups is 2. The van der Waals surface area contributed by atoms with E-state index in [1.807, 2.05) is 0 Å². The molecule has 0 radical (unpaired) electrons. The van der Waals surface area contributed by atoms with Crippen molar-refractivity contribution in [1.82, 2.24) is 19.6 Å². The number of carbonyl (C=O) groups excluding carboxylic acids is 2. The number of hydrogen-bond donors (Lipinski definition) is 1.